The Bertz CT molecular complexity index is 1260. The summed E-state index contributed by atoms with van der Waals surface area (Å²) in [7, 11) is -3.90. The lowest BCUT2D eigenvalue weighted by Crippen LogP contribution is -2.14. The van der Waals surface area contributed by atoms with Crippen molar-refractivity contribution in [2.45, 2.75) is 31.3 Å². The number of aryl methyl sites for hydroxylation is 1. The van der Waals surface area contributed by atoms with Gasteiger partial charge in [-0.25, -0.2) is 22.9 Å². The van der Waals surface area contributed by atoms with E-state index in [9.17, 15) is 12.8 Å². The van der Waals surface area contributed by atoms with Crippen LogP contribution in [0.2, 0.25) is 0 Å². The fourth-order valence-corrected chi connectivity index (χ4v) is 3.59. The second-order valence-corrected chi connectivity index (χ2v) is 8.51. The maximum atomic E-state index is 14.2. The predicted octanol–water partition coefficient (Wildman–Crippen LogP) is 3.74. The summed E-state index contributed by atoms with van der Waals surface area (Å²) in [6.07, 6.45) is 1.01. The highest BCUT2D eigenvalue weighted by Gasteiger charge is 2.14. The zero-order valence-corrected chi connectivity index (χ0v) is 18.1. The summed E-state index contributed by atoms with van der Waals surface area (Å²) in [6, 6.07) is 13.4. The lowest BCUT2D eigenvalue weighted by molar-refractivity contribution is 0.227. The van der Waals surface area contributed by atoms with Crippen molar-refractivity contribution in [3.8, 4) is 11.8 Å². The molecule has 1 heterocycles. The largest absolute Gasteiger partial charge is 0.490 e. The van der Waals surface area contributed by atoms with Gasteiger partial charge in [-0.15, -0.1) is 0 Å². The molecule has 0 spiro atoms. The Labute approximate surface area is 185 Å². The van der Waals surface area contributed by atoms with Crippen LogP contribution in [0.25, 0.3) is 0 Å². The minimum atomic E-state index is -3.90. The van der Waals surface area contributed by atoms with Crippen LogP contribution in [0.3, 0.4) is 0 Å². The van der Waals surface area contributed by atoms with Crippen LogP contribution in [-0.2, 0) is 10.0 Å². The number of nitrogens with zero attached hydrogens (tertiary/aromatic N) is 3. The molecule has 0 fully saturated rings. The zero-order valence-electron chi connectivity index (χ0n) is 17.3. The third kappa shape index (κ3) is 5.90. The summed E-state index contributed by atoms with van der Waals surface area (Å²) in [5.74, 6) is -0.113. The molecule has 9 nitrogen and oxygen atoms in total. The van der Waals surface area contributed by atoms with E-state index < -0.39 is 15.8 Å². The van der Waals surface area contributed by atoms with Gasteiger partial charge in [0.1, 0.15) is 11.9 Å². The molecule has 0 aliphatic carbocycles. The molecular weight excluding hydrogens is 435 g/mol. The summed E-state index contributed by atoms with van der Waals surface area (Å²) < 4.78 is 43.3. The molecule has 0 radical (unpaired) electrons. The molecular formula is C21H21FN6O3S. The highest BCUT2D eigenvalue weighted by atomic mass is 32.2. The summed E-state index contributed by atoms with van der Waals surface area (Å²) >= 11 is 0. The second-order valence-electron chi connectivity index (χ2n) is 6.98. The normalized spacial score (nSPS) is 12.0. The topological polar surface area (TPSA) is 143 Å². The molecule has 2 aromatic carbocycles. The average Bonchev–Trinajstić information content (AvgIpc) is 2.72. The van der Waals surface area contributed by atoms with E-state index in [-0.39, 0.29) is 29.2 Å². The fraction of sp³-hybridized carbons (Fsp3) is 0.190. The molecule has 11 heteroatoms. The number of nitriles is 1. The molecule has 0 aliphatic rings. The first-order valence-electron chi connectivity index (χ1n) is 9.49. The summed E-state index contributed by atoms with van der Waals surface area (Å²) in [5.41, 5.74) is 1.43. The van der Waals surface area contributed by atoms with E-state index >= 15 is 0 Å². The van der Waals surface area contributed by atoms with Crippen molar-refractivity contribution in [2.24, 2.45) is 5.14 Å². The number of hydrogen-bond donors (Lipinski definition) is 3. The highest BCUT2D eigenvalue weighted by Crippen LogP contribution is 2.24. The molecule has 0 saturated heterocycles. The molecule has 0 amide bonds. The lowest BCUT2D eigenvalue weighted by atomic mass is 10.2. The Balaban J connectivity index is 1.76. The minimum Gasteiger partial charge on any atom is -0.490 e. The fourth-order valence-electron chi connectivity index (χ4n) is 2.78. The zero-order chi connectivity index (χ0) is 23.3. The molecule has 1 aromatic heterocycles. The maximum absolute atomic E-state index is 14.2. The number of nitrogens with two attached hydrogens (primary N) is 1. The van der Waals surface area contributed by atoms with Crippen LogP contribution in [0.15, 0.2) is 53.6 Å². The molecule has 3 aromatic rings. The van der Waals surface area contributed by atoms with E-state index in [2.05, 4.69) is 20.6 Å². The molecule has 3 rings (SSSR count). The van der Waals surface area contributed by atoms with Gasteiger partial charge < -0.3 is 15.4 Å². The van der Waals surface area contributed by atoms with Crippen molar-refractivity contribution < 1.29 is 17.5 Å². The van der Waals surface area contributed by atoms with Crippen LogP contribution < -0.4 is 20.5 Å². The van der Waals surface area contributed by atoms with Gasteiger partial charge in [-0.2, -0.15) is 10.2 Å². The van der Waals surface area contributed by atoms with Crippen LogP contribution >= 0.6 is 0 Å². The number of hydrogen-bond acceptors (Lipinski definition) is 8. The van der Waals surface area contributed by atoms with Crippen LogP contribution in [0, 0.1) is 24.1 Å². The van der Waals surface area contributed by atoms with Gasteiger partial charge in [0.25, 0.3) is 0 Å². The predicted molar refractivity (Wildman–Crippen MR) is 118 cm³/mol. The number of benzene rings is 2. The Morgan fingerprint density at radius 3 is 2.53 bits per heavy atom. The van der Waals surface area contributed by atoms with Crippen molar-refractivity contribution in [3.63, 3.8) is 0 Å². The van der Waals surface area contributed by atoms with Gasteiger partial charge in [-0.3, -0.25) is 0 Å². The van der Waals surface area contributed by atoms with E-state index in [0.717, 1.165) is 6.20 Å². The second kappa shape index (κ2) is 9.59. The summed E-state index contributed by atoms with van der Waals surface area (Å²) in [4.78, 5) is 7.97. The molecule has 4 N–H and O–H groups in total. The SMILES string of the molecule is Cc1ccc(Nc2ncc(F)c(Nc3ccc(OC(C)CC#N)cc3)n2)cc1S(N)(=O)=O. The number of sulfonamides is 1. The molecule has 32 heavy (non-hydrogen) atoms. The Hall–Kier alpha value is -3.75. The first kappa shape index (κ1) is 22.9. The number of primary sulfonamides is 1. The monoisotopic (exact) mass is 456 g/mol. The molecule has 1 unspecified atom stereocenters. The van der Waals surface area contributed by atoms with Gasteiger partial charge in [0, 0.05) is 11.4 Å². The van der Waals surface area contributed by atoms with E-state index in [1.165, 1.54) is 6.07 Å². The van der Waals surface area contributed by atoms with Crippen LogP contribution in [0.5, 0.6) is 5.75 Å². The number of nitrogens with one attached hydrogen (secondary N) is 2. The number of anilines is 4. The average molecular weight is 457 g/mol. The molecule has 0 saturated carbocycles. The summed E-state index contributed by atoms with van der Waals surface area (Å²) in [6.45, 7) is 3.42. The van der Waals surface area contributed by atoms with E-state index in [0.29, 0.717) is 22.7 Å². The first-order valence-corrected chi connectivity index (χ1v) is 11.0. The Morgan fingerprint density at radius 1 is 1.19 bits per heavy atom. The van der Waals surface area contributed by atoms with Crippen molar-refractivity contribution >= 4 is 33.2 Å². The van der Waals surface area contributed by atoms with Crippen molar-refractivity contribution in [3.05, 3.63) is 60.0 Å². The smallest absolute Gasteiger partial charge is 0.238 e. The Morgan fingerprint density at radius 2 is 1.88 bits per heavy atom. The maximum Gasteiger partial charge on any atom is 0.238 e. The van der Waals surface area contributed by atoms with Crippen LogP contribution in [-0.4, -0.2) is 24.5 Å². The third-order valence-corrected chi connectivity index (χ3v) is 5.38. The third-order valence-electron chi connectivity index (χ3n) is 4.33. The number of aromatic nitrogens is 2. The van der Waals surface area contributed by atoms with E-state index in [1.807, 2.05) is 6.07 Å². The number of halogens is 1. The van der Waals surface area contributed by atoms with Gasteiger partial charge in [0.15, 0.2) is 11.6 Å². The van der Waals surface area contributed by atoms with Gasteiger partial charge in [0.05, 0.1) is 23.6 Å². The quantitative estimate of drug-likeness (QED) is 0.465. The minimum absolute atomic E-state index is 0.0330. The van der Waals surface area contributed by atoms with Crippen LogP contribution in [0.4, 0.5) is 27.5 Å². The lowest BCUT2D eigenvalue weighted by Gasteiger charge is -2.13. The first-order chi connectivity index (χ1) is 15.2. The molecule has 1 atom stereocenters. The molecule has 0 aliphatic heterocycles. The van der Waals surface area contributed by atoms with Gasteiger partial charge in [-0.1, -0.05) is 6.07 Å². The number of rotatable bonds is 8. The van der Waals surface area contributed by atoms with Crippen molar-refractivity contribution in [2.75, 3.05) is 10.6 Å². The Kier molecular flexibility index (Phi) is 6.87. The highest BCUT2D eigenvalue weighted by molar-refractivity contribution is 7.89. The van der Waals surface area contributed by atoms with E-state index in [4.69, 9.17) is 15.1 Å². The van der Waals surface area contributed by atoms with Gasteiger partial charge >= 0.3 is 0 Å². The molecule has 0 bridgehead atoms. The van der Waals surface area contributed by atoms with Crippen molar-refractivity contribution in [1.82, 2.24) is 9.97 Å². The van der Waals surface area contributed by atoms with Gasteiger partial charge in [-0.05, 0) is 55.8 Å². The summed E-state index contributed by atoms with van der Waals surface area (Å²) in [5, 5.41) is 19.6. The van der Waals surface area contributed by atoms with Crippen molar-refractivity contribution in [1.29, 1.82) is 5.26 Å². The molecule has 166 valence electrons. The standard InChI is InChI=1S/C21H21FN6O3S/c1-13-3-4-16(11-19(13)32(24,29)30)27-21-25-12-18(22)20(28-21)26-15-5-7-17(8-6-15)31-14(2)9-10-23/h3-8,11-12,14H,9H2,1-2H3,(H2,24,29,30)(H2,25,26,27,28). The van der Waals surface area contributed by atoms with Crippen LogP contribution in [0.1, 0.15) is 18.9 Å². The van der Waals surface area contributed by atoms with E-state index in [1.54, 1.807) is 50.2 Å². The number of ether oxygens (including phenoxy) is 1. The van der Waals surface area contributed by atoms with Gasteiger partial charge in [0.2, 0.25) is 16.0 Å².